The molecule has 0 amide bonds. The largest absolute Gasteiger partial charge is 0.218 e. The van der Waals surface area contributed by atoms with Gasteiger partial charge in [-0.2, -0.15) is 0 Å². The second-order valence-electron chi connectivity index (χ2n) is 14.8. The summed E-state index contributed by atoms with van der Waals surface area (Å²) in [4.78, 5) is 15.8. The Morgan fingerprint density at radius 2 is 0.864 bits per heavy atom. The van der Waals surface area contributed by atoms with Crippen molar-refractivity contribution in [2.75, 3.05) is 0 Å². The van der Waals surface area contributed by atoms with Crippen molar-refractivity contribution >= 4 is 41.3 Å². The maximum absolute atomic E-state index is 14.1. The fourth-order valence-corrected chi connectivity index (χ4v) is 11.6. The molecule has 0 N–H and O–H groups in total. The van der Waals surface area contributed by atoms with Crippen LogP contribution in [-0.4, -0.2) is 23.4 Å². The Morgan fingerprint density at radius 3 is 1.56 bits per heavy atom. The van der Waals surface area contributed by atoms with Crippen molar-refractivity contribution in [3.63, 3.8) is 0 Å². The minimum absolute atomic E-state index is 0.328. The van der Waals surface area contributed by atoms with Crippen molar-refractivity contribution in [2.45, 2.75) is 15.2 Å². The number of rotatable bonds is 6. The number of thiophene rings is 1. The highest BCUT2D eigenvalue weighted by Crippen LogP contribution is 2.53. The van der Waals surface area contributed by atoms with Crippen LogP contribution < -0.4 is 0 Å². The minimum Gasteiger partial charge on any atom is -0.218 e. The third kappa shape index (κ3) is 5.65. The molecular formula is C52H33N3O2S2. The second-order valence-corrected chi connectivity index (χ2v) is 17.7. The molecule has 2 aromatic heterocycles. The van der Waals surface area contributed by atoms with Gasteiger partial charge in [-0.3, -0.25) is 0 Å². The molecule has 10 aromatic rings. The first-order chi connectivity index (χ1) is 29.0. The average molecular weight is 796 g/mol. The van der Waals surface area contributed by atoms with E-state index in [2.05, 4.69) is 91.0 Å². The van der Waals surface area contributed by atoms with Gasteiger partial charge < -0.3 is 0 Å². The number of aromatic nitrogens is 3. The molecule has 0 aliphatic carbocycles. The predicted octanol–water partition coefficient (Wildman–Crippen LogP) is 12.4. The van der Waals surface area contributed by atoms with Crippen molar-refractivity contribution in [1.29, 1.82) is 0 Å². The van der Waals surface area contributed by atoms with E-state index in [-0.39, 0.29) is 0 Å². The van der Waals surface area contributed by atoms with Crippen LogP contribution in [-0.2, 0) is 15.3 Å². The first kappa shape index (κ1) is 35.1. The third-order valence-electron chi connectivity index (χ3n) is 11.4. The molecule has 1 aliphatic heterocycles. The summed E-state index contributed by atoms with van der Waals surface area (Å²) in [7, 11) is -3.74. The smallest absolute Gasteiger partial charge is 0.207 e. The average Bonchev–Trinajstić information content (AvgIpc) is 3.68. The molecule has 7 heteroatoms. The molecular weight excluding hydrogens is 763 g/mol. The summed E-state index contributed by atoms with van der Waals surface area (Å²) in [5.41, 5.74) is 7.32. The van der Waals surface area contributed by atoms with E-state index in [1.165, 1.54) is 20.2 Å². The molecule has 59 heavy (non-hydrogen) atoms. The molecule has 3 heterocycles. The molecule has 11 rings (SSSR count). The van der Waals surface area contributed by atoms with Gasteiger partial charge in [0, 0.05) is 36.9 Å². The Labute approximate surface area is 345 Å². The topological polar surface area (TPSA) is 72.8 Å². The number of hydrogen-bond acceptors (Lipinski definition) is 6. The van der Waals surface area contributed by atoms with Crippen LogP contribution in [0.2, 0.25) is 0 Å². The molecule has 280 valence electrons. The lowest BCUT2D eigenvalue weighted by Crippen LogP contribution is -2.37. The van der Waals surface area contributed by atoms with Crippen LogP contribution in [0.25, 0.3) is 65.5 Å². The lowest BCUT2D eigenvalue weighted by molar-refractivity contribution is 0.579. The van der Waals surface area contributed by atoms with Crippen LogP contribution in [0, 0.1) is 0 Å². The van der Waals surface area contributed by atoms with E-state index in [4.69, 9.17) is 15.0 Å². The van der Waals surface area contributed by atoms with Gasteiger partial charge in [0.2, 0.25) is 9.84 Å². The normalized spacial score (nSPS) is 13.8. The molecule has 0 spiro atoms. The van der Waals surface area contributed by atoms with Crippen LogP contribution >= 0.6 is 11.3 Å². The van der Waals surface area contributed by atoms with Crippen molar-refractivity contribution < 1.29 is 8.42 Å². The molecule has 0 saturated heterocycles. The zero-order valence-corrected chi connectivity index (χ0v) is 33.2. The maximum Gasteiger partial charge on any atom is 0.207 e. The highest BCUT2D eigenvalue weighted by Gasteiger charge is 2.48. The zero-order chi connectivity index (χ0) is 39.6. The molecule has 0 unspecified atom stereocenters. The number of sulfone groups is 1. The second kappa shape index (κ2) is 13.8. The summed E-state index contributed by atoms with van der Waals surface area (Å²) in [5.74, 6) is 1.81. The monoisotopic (exact) mass is 795 g/mol. The van der Waals surface area contributed by atoms with E-state index in [9.17, 15) is 8.42 Å². The number of benzene rings is 8. The first-order valence-corrected chi connectivity index (χ1v) is 21.7. The van der Waals surface area contributed by atoms with Crippen molar-refractivity contribution in [3.8, 4) is 45.3 Å². The fraction of sp³-hybridized carbons (Fsp3) is 0.0192. The van der Waals surface area contributed by atoms with Crippen LogP contribution in [0.5, 0.6) is 0 Å². The van der Waals surface area contributed by atoms with Crippen LogP contribution in [0.15, 0.2) is 210 Å². The molecule has 0 saturated carbocycles. The standard InChI is InChI=1S/C52H33N3O2S2/c56-59(57)47-24-11-8-21-43(47)52(39-18-5-2-6-19-39,44-22-9-12-25-48(44)59)40-29-26-34(27-30-40)36-16-13-17-37(32-36)50-53-49(35-14-3-1-4-15-35)54-51(55-50)38-28-31-42-41-20-7-10-23-45(41)58-46(42)33-38/h1-33H. The Balaban J connectivity index is 1.03. The van der Waals surface area contributed by atoms with Gasteiger partial charge >= 0.3 is 0 Å². The van der Waals surface area contributed by atoms with Gasteiger partial charge in [-0.05, 0) is 63.7 Å². The van der Waals surface area contributed by atoms with Gasteiger partial charge in [-0.1, -0.05) is 170 Å². The molecule has 0 atom stereocenters. The van der Waals surface area contributed by atoms with Crippen molar-refractivity contribution in [1.82, 2.24) is 15.0 Å². The molecule has 5 nitrogen and oxygen atoms in total. The molecule has 0 radical (unpaired) electrons. The summed E-state index contributed by atoms with van der Waals surface area (Å²) in [6, 6.07) is 66.9. The van der Waals surface area contributed by atoms with Gasteiger partial charge in [0.05, 0.1) is 15.2 Å². The number of hydrogen-bond donors (Lipinski definition) is 0. The Bertz CT molecular complexity index is 3290. The fourth-order valence-electron chi connectivity index (χ4n) is 8.73. The van der Waals surface area contributed by atoms with E-state index in [0.717, 1.165) is 50.1 Å². The molecule has 8 aromatic carbocycles. The SMILES string of the molecule is O=S1(=O)c2ccccc2C(c2ccccc2)(c2ccc(-c3cccc(-c4nc(-c5ccccc5)nc(-c5ccc6c(c5)sc5ccccc56)n4)c3)cc2)c2ccccc21. The molecule has 1 aliphatic rings. The first-order valence-electron chi connectivity index (χ1n) is 19.4. The lowest BCUT2D eigenvalue weighted by Gasteiger charge is -2.41. The van der Waals surface area contributed by atoms with Gasteiger partial charge in [0.15, 0.2) is 17.5 Å². The third-order valence-corrected chi connectivity index (χ3v) is 14.4. The van der Waals surface area contributed by atoms with E-state index in [1.54, 1.807) is 35.6 Å². The lowest BCUT2D eigenvalue weighted by atomic mass is 9.64. The van der Waals surface area contributed by atoms with E-state index in [1.807, 2.05) is 84.9 Å². The predicted molar refractivity (Wildman–Crippen MR) is 238 cm³/mol. The van der Waals surface area contributed by atoms with Crippen LogP contribution in [0.1, 0.15) is 22.3 Å². The van der Waals surface area contributed by atoms with Crippen LogP contribution in [0.3, 0.4) is 0 Å². The Hall–Kier alpha value is -7.06. The number of fused-ring (bicyclic) bond motifs is 5. The van der Waals surface area contributed by atoms with Crippen molar-refractivity contribution in [3.05, 3.63) is 222 Å². The quantitative estimate of drug-likeness (QED) is 0.168. The molecule has 0 bridgehead atoms. The highest BCUT2D eigenvalue weighted by molar-refractivity contribution is 7.91. The van der Waals surface area contributed by atoms with Gasteiger partial charge in [-0.25, -0.2) is 23.4 Å². The van der Waals surface area contributed by atoms with E-state index >= 15 is 0 Å². The number of nitrogens with zero attached hydrogens (tertiary/aromatic N) is 3. The summed E-state index contributed by atoms with van der Waals surface area (Å²) in [5, 5.41) is 2.48. The van der Waals surface area contributed by atoms with Crippen LogP contribution in [0.4, 0.5) is 0 Å². The summed E-state index contributed by atoms with van der Waals surface area (Å²) >= 11 is 1.77. The maximum atomic E-state index is 14.1. The van der Waals surface area contributed by atoms with Gasteiger partial charge in [-0.15, -0.1) is 11.3 Å². The minimum atomic E-state index is -3.74. The Kier molecular flexibility index (Phi) is 8.22. The summed E-state index contributed by atoms with van der Waals surface area (Å²) < 4.78 is 30.7. The van der Waals surface area contributed by atoms with Crippen molar-refractivity contribution in [2.24, 2.45) is 0 Å². The van der Waals surface area contributed by atoms with Gasteiger partial charge in [0.1, 0.15) is 0 Å². The summed E-state index contributed by atoms with van der Waals surface area (Å²) in [6.07, 6.45) is 0. The zero-order valence-electron chi connectivity index (χ0n) is 31.5. The Morgan fingerprint density at radius 1 is 0.373 bits per heavy atom. The van der Waals surface area contributed by atoms with Gasteiger partial charge in [0.25, 0.3) is 0 Å². The highest BCUT2D eigenvalue weighted by atomic mass is 32.2. The van der Waals surface area contributed by atoms with E-state index in [0.29, 0.717) is 27.3 Å². The van der Waals surface area contributed by atoms with E-state index < -0.39 is 15.3 Å². The molecule has 0 fully saturated rings. The summed E-state index contributed by atoms with van der Waals surface area (Å²) in [6.45, 7) is 0.